The third-order valence-corrected chi connectivity index (χ3v) is 5.00. The normalized spacial score (nSPS) is 12.4. The fraction of sp³-hybridized carbons (Fsp3) is 0.0714. The molecule has 0 bridgehead atoms. The van der Waals surface area contributed by atoms with Crippen molar-refractivity contribution in [3.8, 4) is 0 Å². The lowest BCUT2D eigenvalue weighted by atomic mass is 10.3. The van der Waals surface area contributed by atoms with Gasteiger partial charge >= 0.3 is 0 Å². The Labute approximate surface area is 125 Å². The van der Waals surface area contributed by atoms with Gasteiger partial charge in [-0.05, 0) is 56.9 Å². The molecule has 0 unspecified atom stereocenters. The number of carbonyl (C=O) groups excluding carboxylic acids is 1. The molecule has 2 heterocycles. The predicted octanol–water partition coefficient (Wildman–Crippen LogP) is 3.48. The number of carbonyl (C=O) groups is 1. The zero-order chi connectivity index (χ0) is 14.4. The topological polar surface area (TPSA) is 51.2 Å². The highest BCUT2D eigenvalue weighted by Gasteiger charge is 2.11. The second kappa shape index (κ2) is 6.78. The Morgan fingerprint density at radius 3 is 2.20 bits per heavy atom. The van der Waals surface area contributed by atoms with Crippen molar-refractivity contribution < 1.29 is 13.2 Å². The number of hydrogen-bond donors (Lipinski definition) is 0. The van der Waals surface area contributed by atoms with Crippen molar-refractivity contribution in [3.05, 3.63) is 56.3 Å². The van der Waals surface area contributed by atoms with Crippen LogP contribution < -0.4 is 0 Å². The van der Waals surface area contributed by atoms with Crippen molar-refractivity contribution >= 4 is 50.4 Å². The molecule has 0 aliphatic carbocycles. The van der Waals surface area contributed by atoms with E-state index in [1.54, 1.807) is 6.08 Å². The van der Waals surface area contributed by atoms with Crippen molar-refractivity contribution in [2.24, 2.45) is 0 Å². The highest BCUT2D eigenvalue weighted by atomic mass is 32.2. The highest BCUT2D eigenvalue weighted by Crippen LogP contribution is 2.10. The third-order valence-electron chi connectivity index (χ3n) is 2.36. The minimum absolute atomic E-state index is 0.425. The smallest absolute Gasteiger partial charge is 0.179 e. The van der Waals surface area contributed by atoms with Gasteiger partial charge in [0.15, 0.2) is 15.6 Å². The van der Waals surface area contributed by atoms with Crippen LogP contribution in [0.25, 0.3) is 12.2 Å². The first kappa shape index (κ1) is 14.9. The quantitative estimate of drug-likeness (QED) is 0.764. The molecule has 0 amide bonds. The van der Waals surface area contributed by atoms with E-state index in [4.69, 9.17) is 0 Å². The van der Waals surface area contributed by atoms with Gasteiger partial charge in [-0.1, -0.05) is 6.08 Å². The van der Waals surface area contributed by atoms with E-state index in [9.17, 15) is 13.2 Å². The third kappa shape index (κ3) is 4.88. The maximum Gasteiger partial charge on any atom is 0.179 e. The minimum Gasteiger partial charge on any atom is -0.294 e. The Balaban J connectivity index is 1.96. The van der Waals surface area contributed by atoms with Gasteiger partial charge in [-0.15, -0.1) is 0 Å². The molecular weight excluding hydrogens is 312 g/mol. The molecule has 0 aromatic carbocycles. The van der Waals surface area contributed by atoms with Gasteiger partial charge in [0, 0.05) is 5.41 Å². The molecule has 3 nitrogen and oxygen atoms in total. The average Bonchev–Trinajstić information content (AvgIpc) is 3.07. The van der Waals surface area contributed by atoms with E-state index in [0.29, 0.717) is 0 Å². The molecule has 0 fully saturated rings. The van der Waals surface area contributed by atoms with Gasteiger partial charge < -0.3 is 0 Å². The molecule has 20 heavy (non-hydrogen) atoms. The number of sulfone groups is 1. The van der Waals surface area contributed by atoms with Crippen LogP contribution in [-0.4, -0.2) is 20.0 Å². The second-order valence-corrected chi connectivity index (χ2v) is 7.47. The van der Waals surface area contributed by atoms with Gasteiger partial charge in [0.1, 0.15) is 5.75 Å². The number of allylic oxidation sites excluding steroid dienone is 1. The van der Waals surface area contributed by atoms with Crippen molar-refractivity contribution in [1.82, 2.24) is 0 Å². The Bertz CT molecular complexity index is 706. The summed E-state index contributed by atoms with van der Waals surface area (Å²) in [6.45, 7) is 0. The maximum absolute atomic E-state index is 11.8. The van der Waals surface area contributed by atoms with Crippen LogP contribution in [0.4, 0.5) is 0 Å². The second-order valence-electron chi connectivity index (χ2n) is 4.02. The molecule has 6 heteroatoms. The Hall–Kier alpha value is -1.50. The first-order valence-electron chi connectivity index (χ1n) is 5.71. The summed E-state index contributed by atoms with van der Waals surface area (Å²) in [4.78, 5) is 11.6. The average molecular weight is 324 g/mol. The van der Waals surface area contributed by atoms with Crippen LogP contribution in [0.5, 0.6) is 0 Å². The van der Waals surface area contributed by atoms with E-state index in [1.807, 2.05) is 33.7 Å². The van der Waals surface area contributed by atoms with Crippen LogP contribution in [0.1, 0.15) is 11.1 Å². The van der Waals surface area contributed by atoms with Crippen LogP contribution in [0, 0.1) is 0 Å². The lowest BCUT2D eigenvalue weighted by Gasteiger charge is -1.94. The maximum atomic E-state index is 11.8. The van der Waals surface area contributed by atoms with Crippen LogP contribution in [0.15, 0.2) is 45.1 Å². The lowest BCUT2D eigenvalue weighted by molar-refractivity contribution is -0.112. The summed E-state index contributed by atoms with van der Waals surface area (Å²) in [5.41, 5.74) is 1.72. The molecule has 0 spiro atoms. The van der Waals surface area contributed by atoms with Crippen LogP contribution >= 0.6 is 22.7 Å². The lowest BCUT2D eigenvalue weighted by Crippen LogP contribution is -2.11. The first-order valence-corrected chi connectivity index (χ1v) is 9.31. The van der Waals surface area contributed by atoms with E-state index in [2.05, 4.69) is 0 Å². The standard InChI is InChI=1S/C14H12O3S3/c15-14(2-1-12-3-6-18-9-12)11-20(16,17)8-5-13-4-7-19-10-13/h1-10H,11H2/b2-1?,8-5-. The van der Waals surface area contributed by atoms with Crippen molar-refractivity contribution in [2.45, 2.75) is 0 Å². The Kier molecular flexibility index (Phi) is 5.05. The van der Waals surface area contributed by atoms with Crippen LogP contribution in [-0.2, 0) is 14.6 Å². The predicted molar refractivity (Wildman–Crippen MR) is 85.5 cm³/mol. The molecule has 0 saturated heterocycles. The fourth-order valence-corrected chi connectivity index (χ4v) is 3.62. The van der Waals surface area contributed by atoms with Gasteiger partial charge in [0.2, 0.25) is 0 Å². The molecular formula is C14H12O3S3. The first-order chi connectivity index (χ1) is 9.55. The summed E-state index contributed by atoms with van der Waals surface area (Å²) in [7, 11) is -3.52. The molecule has 0 saturated carbocycles. The Morgan fingerprint density at radius 1 is 1.05 bits per heavy atom. The molecule has 0 atom stereocenters. The zero-order valence-corrected chi connectivity index (χ0v) is 12.9. The fourth-order valence-electron chi connectivity index (χ4n) is 1.41. The van der Waals surface area contributed by atoms with Crippen molar-refractivity contribution in [2.75, 3.05) is 5.75 Å². The molecule has 2 aromatic rings. The van der Waals surface area contributed by atoms with Crippen molar-refractivity contribution in [3.63, 3.8) is 0 Å². The zero-order valence-electron chi connectivity index (χ0n) is 10.4. The van der Waals surface area contributed by atoms with Crippen molar-refractivity contribution in [1.29, 1.82) is 0 Å². The number of thiophene rings is 2. The van der Waals surface area contributed by atoms with Gasteiger partial charge in [0.05, 0.1) is 0 Å². The monoisotopic (exact) mass is 324 g/mol. The molecule has 0 aliphatic rings. The number of hydrogen-bond acceptors (Lipinski definition) is 5. The minimum atomic E-state index is -3.52. The van der Waals surface area contributed by atoms with Crippen LogP contribution in [0.2, 0.25) is 0 Å². The Morgan fingerprint density at radius 2 is 1.65 bits per heavy atom. The van der Waals surface area contributed by atoms with Gasteiger partial charge in [0.25, 0.3) is 0 Å². The summed E-state index contributed by atoms with van der Waals surface area (Å²) in [5.74, 6) is -0.931. The molecule has 2 rings (SSSR count). The largest absolute Gasteiger partial charge is 0.294 e. The molecule has 104 valence electrons. The van der Waals surface area contributed by atoms with Crippen LogP contribution in [0.3, 0.4) is 0 Å². The molecule has 2 aromatic heterocycles. The van der Waals surface area contributed by atoms with E-state index in [-0.39, 0.29) is 0 Å². The van der Waals surface area contributed by atoms with Gasteiger partial charge in [-0.25, -0.2) is 8.42 Å². The van der Waals surface area contributed by atoms with E-state index in [1.165, 1.54) is 34.8 Å². The van der Waals surface area contributed by atoms with Gasteiger partial charge in [-0.3, -0.25) is 4.79 Å². The molecule has 0 N–H and O–H groups in total. The van der Waals surface area contributed by atoms with E-state index >= 15 is 0 Å². The highest BCUT2D eigenvalue weighted by molar-refractivity contribution is 7.95. The number of rotatable bonds is 6. The van der Waals surface area contributed by atoms with E-state index < -0.39 is 21.4 Å². The molecule has 0 radical (unpaired) electrons. The summed E-state index contributed by atoms with van der Waals surface area (Å²) in [6, 6.07) is 3.67. The summed E-state index contributed by atoms with van der Waals surface area (Å²) < 4.78 is 23.5. The molecule has 0 aliphatic heterocycles. The summed E-state index contributed by atoms with van der Waals surface area (Å²) >= 11 is 3.01. The van der Waals surface area contributed by atoms with E-state index in [0.717, 1.165) is 16.5 Å². The SMILES string of the molecule is O=C(C=Cc1ccsc1)CS(=O)(=O)/C=C\c1ccsc1. The van der Waals surface area contributed by atoms with Gasteiger partial charge in [-0.2, -0.15) is 22.7 Å². The number of ketones is 1. The summed E-state index contributed by atoms with van der Waals surface area (Å²) in [6.07, 6.45) is 4.43. The summed E-state index contributed by atoms with van der Waals surface area (Å²) in [5, 5.41) is 8.57.